The van der Waals surface area contributed by atoms with Crippen LogP contribution in [-0.2, 0) is 16.6 Å². The molecule has 2 rings (SSSR count). The van der Waals surface area contributed by atoms with Gasteiger partial charge in [0.25, 0.3) is 10.0 Å². The third-order valence-corrected chi connectivity index (χ3v) is 4.81. The van der Waals surface area contributed by atoms with E-state index in [2.05, 4.69) is 25.6 Å². The van der Waals surface area contributed by atoms with Gasteiger partial charge in [-0.25, -0.2) is 8.42 Å². The average molecular weight is 357 g/mol. The normalized spacial score (nSPS) is 11.3. The fourth-order valence-electron chi connectivity index (χ4n) is 1.65. The zero-order valence-corrected chi connectivity index (χ0v) is 13.1. The summed E-state index contributed by atoms with van der Waals surface area (Å²) in [6.45, 7) is 1.61. The van der Waals surface area contributed by atoms with Gasteiger partial charge in [0.1, 0.15) is 0 Å². The molecule has 1 aromatic carbocycles. The monoisotopic (exact) mass is 356 g/mol. The van der Waals surface area contributed by atoms with E-state index in [1.165, 1.54) is 24.5 Å². The highest BCUT2D eigenvalue weighted by atomic mass is 79.9. The molecular formula is C13H13BrN2O3S. The molecule has 0 amide bonds. The SMILES string of the molecule is Cc1ccc(S(=O)(=O)Nc2ccncc2Br)cc1CO. The van der Waals surface area contributed by atoms with Gasteiger partial charge in [0.15, 0.2) is 0 Å². The molecule has 0 aliphatic rings. The van der Waals surface area contributed by atoms with E-state index in [9.17, 15) is 13.5 Å². The third-order valence-electron chi connectivity index (χ3n) is 2.82. The van der Waals surface area contributed by atoms with Crippen molar-refractivity contribution in [1.82, 2.24) is 4.98 Å². The Balaban J connectivity index is 2.38. The Morgan fingerprint density at radius 3 is 2.75 bits per heavy atom. The number of rotatable bonds is 4. The number of pyridine rings is 1. The van der Waals surface area contributed by atoms with Crippen LogP contribution >= 0.6 is 15.9 Å². The lowest BCUT2D eigenvalue weighted by atomic mass is 10.1. The number of halogens is 1. The fourth-order valence-corrected chi connectivity index (χ4v) is 3.26. The summed E-state index contributed by atoms with van der Waals surface area (Å²) in [6, 6.07) is 6.20. The summed E-state index contributed by atoms with van der Waals surface area (Å²) < 4.78 is 27.6. The Morgan fingerprint density at radius 1 is 1.35 bits per heavy atom. The summed E-state index contributed by atoms with van der Waals surface area (Å²) in [5.74, 6) is 0. The third kappa shape index (κ3) is 3.17. The number of anilines is 1. The fraction of sp³-hybridized carbons (Fsp3) is 0.154. The van der Waals surface area contributed by atoms with Gasteiger partial charge in [-0.3, -0.25) is 9.71 Å². The number of aromatic nitrogens is 1. The standard InChI is InChI=1S/C13H13BrN2O3S/c1-9-2-3-11(6-10(9)8-17)20(18,19)16-13-4-5-15-7-12(13)14/h2-7,17H,8H2,1H3,(H,15,16). The molecule has 0 atom stereocenters. The Hall–Kier alpha value is -1.44. The van der Waals surface area contributed by atoms with Crippen LogP contribution in [0.5, 0.6) is 0 Å². The average Bonchev–Trinajstić information content (AvgIpc) is 2.41. The lowest BCUT2D eigenvalue weighted by Gasteiger charge is -2.11. The minimum Gasteiger partial charge on any atom is -0.392 e. The van der Waals surface area contributed by atoms with Crippen molar-refractivity contribution in [2.45, 2.75) is 18.4 Å². The van der Waals surface area contributed by atoms with E-state index in [4.69, 9.17) is 0 Å². The number of hydrogen-bond acceptors (Lipinski definition) is 4. The second kappa shape index (κ2) is 5.90. The molecule has 0 radical (unpaired) electrons. The van der Waals surface area contributed by atoms with Crippen LogP contribution in [0.1, 0.15) is 11.1 Å². The lowest BCUT2D eigenvalue weighted by Crippen LogP contribution is -2.14. The largest absolute Gasteiger partial charge is 0.392 e. The van der Waals surface area contributed by atoms with Gasteiger partial charge >= 0.3 is 0 Å². The zero-order chi connectivity index (χ0) is 14.8. The maximum absolute atomic E-state index is 12.3. The molecule has 0 fully saturated rings. The summed E-state index contributed by atoms with van der Waals surface area (Å²) in [6.07, 6.45) is 3.00. The number of aliphatic hydroxyl groups excluding tert-OH is 1. The zero-order valence-electron chi connectivity index (χ0n) is 10.7. The van der Waals surface area contributed by atoms with Crippen molar-refractivity contribution < 1.29 is 13.5 Å². The summed E-state index contributed by atoms with van der Waals surface area (Å²) in [4.78, 5) is 3.98. The molecule has 0 bridgehead atoms. The first-order valence-electron chi connectivity index (χ1n) is 5.77. The molecular weight excluding hydrogens is 344 g/mol. The number of aryl methyl sites for hydroxylation is 1. The molecule has 7 heteroatoms. The molecule has 106 valence electrons. The Labute approximate surface area is 125 Å². The van der Waals surface area contributed by atoms with E-state index >= 15 is 0 Å². The van der Waals surface area contributed by atoms with Gasteiger partial charge in [-0.05, 0) is 52.2 Å². The first-order chi connectivity index (χ1) is 9.44. The molecule has 0 spiro atoms. The Bertz CT molecular complexity index is 732. The van der Waals surface area contributed by atoms with Crippen molar-refractivity contribution in [2.75, 3.05) is 4.72 Å². The first-order valence-corrected chi connectivity index (χ1v) is 8.04. The molecule has 2 aromatic rings. The second-order valence-electron chi connectivity index (χ2n) is 4.21. The van der Waals surface area contributed by atoms with Crippen molar-refractivity contribution >= 4 is 31.6 Å². The number of benzene rings is 1. The van der Waals surface area contributed by atoms with Gasteiger partial charge in [0.2, 0.25) is 0 Å². The molecule has 2 N–H and O–H groups in total. The number of hydrogen-bond donors (Lipinski definition) is 2. The molecule has 0 saturated heterocycles. The molecule has 5 nitrogen and oxygen atoms in total. The minimum absolute atomic E-state index is 0.107. The molecule has 1 heterocycles. The highest BCUT2D eigenvalue weighted by molar-refractivity contribution is 9.10. The molecule has 1 aromatic heterocycles. The lowest BCUT2D eigenvalue weighted by molar-refractivity contribution is 0.281. The topological polar surface area (TPSA) is 79.3 Å². The predicted octanol–water partition coefficient (Wildman–Crippen LogP) is 2.45. The molecule has 0 saturated carbocycles. The van der Waals surface area contributed by atoms with Crippen molar-refractivity contribution in [3.05, 3.63) is 52.3 Å². The molecule has 0 unspecified atom stereocenters. The number of aliphatic hydroxyl groups is 1. The maximum Gasteiger partial charge on any atom is 0.261 e. The highest BCUT2D eigenvalue weighted by Crippen LogP contribution is 2.24. The minimum atomic E-state index is -3.70. The summed E-state index contributed by atoms with van der Waals surface area (Å²) in [5.41, 5.74) is 1.84. The van der Waals surface area contributed by atoms with Crippen LogP contribution in [0.25, 0.3) is 0 Å². The quantitative estimate of drug-likeness (QED) is 0.881. The summed E-state index contributed by atoms with van der Waals surface area (Å²) >= 11 is 3.23. The van der Waals surface area contributed by atoms with Gasteiger partial charge in [0, 0.05) is 12.4 Å². The summed E-state index contributed by atoms with van der Waals surface area (Å²) in [7, 11) is -3.70. The highest BCUT2D eigenvalue weighted by Gasteiger charge is 2.16. The number of nitrogens with zero attached hydrogens (tertiary/aromatic N) is 1. The van der Waals surface area contributed by atoms with E-state index in [1.54, 1.807) is 12.1 Å². The van der Waals surface area contributed by atoms with Gasteiger partial charge in [-0.2, -0.15) is 0 Å². The molecule has 0 aliphatic carbocycles. The number of sulfonamides is 1. The Kier molecular flexibility index (Phi) is 4.42. The smallest absolute Gasteiger partial charge is 0.261 e. The van der Waals surface area contributed by atoms with Crippen molar-refractivity contribution in [1.29, 1.82) is 0 Å². The van der Waals surface area contributed by atoms with E-state index in [-0.39, 0.29) is 11.5 Å². The first kappa shape index (κ1) is 15.0. The van der Waals surface area contributed by atoms with Crippen molar-refractivity contribution in [2.24, 2.45) is 0 Å². The van der Waals surface area contributed by atoms with Crippen LogP contribution < -0.4 is 4.72 Å². The maximum atomic E-state index is 12.3. The van der Waals surface area contributed by atoms with Gasteiger partial charge in [0.05, 0.1) is 21.7 Å². The Morgan fingerprint density at radius 2 is 2.10 bits per heavy atom. The van der Waals surface area contributed by atoms with Crippen LogP contribution in [0, 0.1) is 6.92 Å². The van der Waals surface area contributed by atoms with E-state index in [1.807, 2.05) is 6.92 Å². The van der Waals surface area contributed by atoms with Crippen LogP contribution in [0.15, 0.2) is 46.0 Å². The van der Waals surface area contributed by atoms with Gasteiger partial charge in [-0.1, -0.05) is 6.07 Å². The second-order valence-corrected chi connectivity index (χ2v) is 6.74. The van der Waals surface area contributed by atoms with Crippen molar-refractivity contribution in [3.8, 4) is 0 Å². The van der Waals surface area contributed by atoms with E-state index < -0.39 is 10.0 Å². The summed E-state index contributed by atoms with van der Waals surface area (Å²) in [5, 5.41) is 9.21. The predicted molar refractivity (Wildman–Crippen MR) is 79.8 cm³/mol. The number of nitrogens with one attached hydrogen (secondary N) is 1. The molecule has 20 heavy (non-hydrogen) atoms. The van der Waals surface area contributed by atoms with Crippen LogP contribution in [0.3, 0.4) is 0 Å². The van der Waals surface area contributed by atoms with Crippen LogP contribution in [0.2, 0.25) is 0 Å². The van der Waals surface area contributed by atoms with Gasteiger partial charge < -0.3 is 5.11 Å². The van der Waals surface area contributed by atoms with Crippen LogP contribution in [0.4, 0.5) is 5.69 Å². The molecule has 0 aliphatic heterocycles. The van der Waals surface area contributed by atoms with Gasteiger partial charge in [-0.15, -0.1) is 0 Å². The van der Waals surface area contributed by atoms with Crippen LogP contribution in [-0.4, -0.2) is 18.5 Å². The van der Waals surface area contributed by atoms with E-state index in [0.717, 1.165) is 5.56 Å². The van der Waals surface area contributed by atoms with Crippen molar-refractivity contribution in [3.63, 3.8) is 0 Å². The van der Waals surface area contributed by atoms with E-state index in [0.29, 0.717) is 15.7 Å².